The van der Waals surface area contributed by atoms with Crippen molar-refractivity contribution in [3.63, 3.8) is 0 Å². The first-order valence-electron chi connectivity index (χ1n) is 8.62. The number of ether oxygens (including phenoxy) is 2. The van der Waals surface area contributed by atoms with Crippen molar-refractivity contribution in [3.05, 3.63) is 53.7 Å². The summed E-state index contributed by atoms with van der Waals surface area (Å²) in [6.07, 6.45) is 2.11. The summed E-state index contributed by atoms with van der Waals surface area (Å²) in [6.45, 7) is 9.22. The Labute approximate surface area is 153 Å². The first-order valence-corrected chi connectivity index (χ1v) is 8.62. The molecule has 0 radical (unpaired) electrons. The summed E-state index contributed by atoms with van der Waals surface area (Å²) >= 11 is 0. The van der Waals surface area contributed by atoms with Crippen molar-refractivity contribution in [2.75, 3.05) is 7.11 Å². The van der Waals surface area contributed by atoms with Crippen LogP contribution in [-0.4, -0.2) is 28.8 Å². The molecule has 2 aromatic rings. The minimum absolute atomic E-state index is 0.181. The minimum Gasteiger partial charge on any atom is -0.497 e. The predicted molar refractivity (Wildman–Crippen MR) is 96.0 cm³/mol. The number of carbonyl (C=O) groups excluding carboxylic acids is 1. The van der Waals surface area contributed by atoms with Gasteiger partial charge in [-0.2, -0.15) is 4.98 Å². The zero-order valence-corrected chi connectivity index (χ0v) is 15.7. The van der Waals surface area contributed by atoms with E-state index in [-0.39, 0.29) is 11.8 Å². The Morgan fingerprint density at radius 2 is 1.92 bits per heavy atom. The Morgan fingerprint density at radius 3 is 2.46 bits per heavy atom. The molecule has 1 aliphatic carbocycles. The fraction of sp³-hybridized carbons (Fsp3) is 0.450. The second kappa shape index (κ2) is 6.59. The van der Waals surface area contributed by atoms with Gasteiger partial charge in [-0.3, -0.25) is 0 Å². The number of rotatable bonds is 6. The van der Waals surface area contributed by atoms with E-state index in [4.69, 9.17) is 14.0 Å². The molecule has 6 heteroatoms. The number of hydrogen-bond donors (Lipinski definition) is 0. The van der Waals surface area contributed by atoms with E-state index in [0.29, 0.717) is 17.3 Å². The molecule has 0 saturated heterocycles. The Morgan fingerprint density at radius 1 is 1.27 bits per heavy atom. The van der Waals surface area contributed by atoms with Gasteiger partial charge in [-0.1, -0.05) is 23.9 Å². The fourth-order valence-corrected chi connectivity index (χ4v) is 2.80. The van der Waals surface area contributed by atoms with Crippen molar-refractivity contribution < 1.29 is 18.8 Å². The van der Waals surface area contributed by atoms with Gasteiger partial charge in [0.2, 0.25) is 5.89 Å². The highest BCUT2D eigenvalue weighted by molar-refractivity contribution is 5.88. The molecule has 0 aliphatic heterocycles. The zero-order chi connectivity index (χ0) is 18.9. The molecule has 138 valence electrons. The van der Waals surface area contributed by atoms with E-state index in [1.54, 1.807) is 7.11 Å². The van der Waals surface area contributed by atoms with Crippen molar-refractivity contribution in [2.45, 2.75) is 51.0 Å². The van der Waals surface area contributed by atoms with Crippen molar-refractivity contribution in [1.29, 1.82) is 0 Å². The Hall–Kier alpha value is -2.63. The molecule has 26 heavy (non-hydrogen) atoms. The first kappa shape index (κ1) is 18.2. The van der Waals surface area contributed by atoms with Crippen LogP contribution in [0.25, 0.3) is 0 Å². The van der Waals surface area contributed by atoms with Gasteiger partial charge in [0.25, 0.3) is 0 Å². The molecule has 1 aromatic carbocycles. The molecule has 6 nitrogen and oxygen atoms in total. The van der Waals surface area contributed by atoms with Gasteiger partial charge >= 0.3 is 5.97 Å². The van der Waals surface area contributed by atoms with Gasteiger partial charge in [0.15, 0.2) is 5.82 Å². The third-order valence-electron chi connectivity index (χ3n) is 4.34. The van der Waals surface area contributed by atoms with Gasteiger partial charge in [-0.15, -0.1) is 0 Å². The molecule has 0 unspecified atom stereocenters. The van der Waals surface area contributed by atoms with Gasteiger partial charge in [0, 0.05) is 5.57 Å². The van der Waals surface area contributed by atoms with Crippen LogP contribution in [0.1, 0.15) is 50.9 Å². The summed E-state index contributed by atoms with van der Waals surface area (Å²) in [6, 6.07) is 7.92. The zero-order valence-electron chi connectivity index (χ0n) is 15.7. The highest BCUT2D eigenvalue weighted by Gasteiger charge is 2.50. The average Bonchev–Trinajstić information content (AvgIpc) is 3.26. The van der Waals surface area contributed by atoms with Gasteiger partial charge in [0.05, 0.1) is 18.9 Å². The van der Waals surface area contributed by atoms with Gasteiger partial charge in [0.1, 0.15) is 11.4 Å². The van der Waals surface area contributed by atoms with E-state index in [0.717, 1.165) is 24.2 Å². The molecule has 0 amide bonds. The van der Waals surface area contributed by atoms with Crippen LogP contribution < -0.4 is 4.74 Å². The molecule has 0 bridgehead atoms. The van der Waals surface area contributed by atoms with Crippen LogP contribution in [-0.2, 0) is 21.4 Å². The van der Waals surface area contributed by atoms with Gasteiger partial charge < -0.3 is 14.0 Å². The number of methoxy groups -OCH3 is 1. The molecule has 0 N–H and O–H groups in total. The van der Waals surface area contributed by atoms with Crippen LogP contribution in [0.3, 0.4) is 0 Å². The third kappa shape index (κ3) is 3.79. The number of hydrogen-bond acceptors (Lipinski definition) is 6. The van der Waals surface area contributed by atoms with E-state index in [1.165, 1.54) is 0 Å². The number of carbonyl (C=O) groups is 1. The largest absolute Gasteiger partial charge is 0.497 e. The molecule has 1 aliphatic rings. The molecule has 3 rings (SSSR count). The molecule has 1 saturated carbocycles. The number of benzene rings is 1. The molecule has 1 heterocycles. The van der Waals surface area contributed by atoms with Crippen molar-refractivity contribution in [1.82, 2.24) is 10.1 Å². The lowest BCUT2D eigenvalue weighted by atomic mass is 9.95. The van der Waals surface area contributed by atoms with Crippen LogP contribution in [0.2, 0.25) is 0 Å². The van der Waals surface area contributed by atoms with E-state index in [1.807, 2.05) is 45.0 Å². The number of nitrogens with zero attached hydrogens (tertiary/aromatic N) is 2. The van der Waals surface area contributed by atoms with Gasteiger partial charge in [-0.05, 0) is 51.3 Å². The smallest absolute Gasteiger partial charge is 0.334 e. The second-order valence-electron chi connectivity index (χ2n) is 7.60. The van der Waals surface area contributed by atoms with Crippen LogP contribution in [0.5, 0.6) is 5.75 Å². The lowest BCUT2D eigenvalue weighted by Crippen LogP contribution is -2.25. The highest BCUT2D eigenvalue weighted by atomic mass is 16.6. The summed E-state index contributed by atoms with van der Waals surface area (Å²) < 4.78 is 15.9. The van der Waals surface area contributed by atoms with Gasteiger partial charge in [-0.25, -0.2) is 4.79 Å². The van der Waals surface area contributed by atoms with Crippen LogP contribution in [0, 0.1) is 0 Å². The standard InChI is InChI=1S/C20H24N2O4/c1-13(17(23)25-19(2,3)4)12-16-21-18(22-26-16)20(10-11-20)14-6-8-15(24-5)9-7-14/h6-9H,1,10-12H2,2-5H3. The van der Waals surface area contributed by atoms with E-state index < -0.39 is 11.6 Å². The minimum atomic E-state index is -0.563. The summed E-state index contributed by atoms with van der Waals surface area (Å²) in [5.74, 6) is 1.38. The molecule has 0 spiro atoms. The summed E-state index contributed by atoms with van der Waals surface area (Å²) in [5.41, 5.74) is 0.661. The molecular formula is C20H24N2O4. The van der Waals surface area contributed by atoms with Crippen molar-refractivity contribution in [2.24, 2.45) is 0 Å². The van der Waals surface area contributed by atoms with Crippen molar-refractivity contribution in [3.8, 4) is 5.75 Å². The number of aromatic nitrogens is 2. The maximum Gasteiger partial charge on any atom is 0.334 e. The molecule has 1 fully saturated rings. The number of esters is 1. The topological polar surface area (TPSA) is 74.5 Å². The van der Waals surface area contributed by atoms with E-state index >= 15 is 0 Å². The monoisotopic (exact) mass is 356 g/mol. The highest BCUT2D eigenvalue weighted by Crippen LogP contribution is 2.52. The Kier molecular flexibility index (Phi) is 4.61. The maximum absolute atomic E-state index is 12.0. The maximum atomic E-state index is 12.0. The van der Waals surface area contributed by atoms with E-state index in [9.17, 15) is 4.79 Å². The van der Waals surface area contributed by atoms with E-state index in [2.05, 4.69) is 16.7 Å². The van der Waals surface area contributed by atoms with Crippen LogP contribution in [0.15, 0.2) is 40.9 Å². The first-order chi connectivity index (χ1) is 12.2. The summed E-state index contributed by atoms with van der Waals surface area (Å²) in [5, 5.41) is 4.15. The predicted octanol–water partition coefficient (Wildman–Crippen LogP) is 3.60. The lowest BCUT2D eigenvalue weighted by Gasteiger charge is -2.19. The Balaban J connectivity index is 1.71. The quantitative estimate of drug-likeness (QED) is 0.581. The molecule has 1 aromatic heterocycles. The second-order valence-corrected chi connectivity index (χ2v) is 7.60. The summed E-state index contributed by atoms with van der Waals surface area (Å²) in [7, 11) is 1.64. The molecule has 0 atom stereocenters. The van der Waals surface area contributed by atoms with Crippen LogP contribution >= 0.6 is 0 Å². The Bertz CT molecular complexity index is 811. The third-order valence-corrected chi connectivity index (χ3v) is 4.34. The molecular weight excluding hydrogens is 332 g/mol. The lowest BCUT2D eigenvalue weighted by molar-refractivity contribution is -0.150. The average molecular weight is 356 g/mol. The SMILES string of the molecule is C=C(Cc1nc(C2(c3ccc(OC)cc3)CC2)no1)C(=O)OC(C)(C)C. The van der Waals surface area contributed by atoms with Crippen LogP contribution in [0.4, 0.5) is 0 Å². The normalized spacial score (nSPS) is 15.4. The fourth-order valence-electron chi connectivity index (χ4n) is 2.80. The summed E-state index contributed by atoms with van der Waals surface area (Å²) in [4.78, 5) is 16.5. The van der Waals surface area contributed by atoms with Crippen molar-refractivity contribution >= 4 is 5.97 Å².